The van der Waals surface area contributed by atoms with Gasteiger partial charge in [-0.3, -0.25) is 4.79 Å². The molecule has 0 bridgehead atoms. The fourth-order valence-corrected chi connectivity index (χ4v) is 6.06. The number of piperidine rings is 1. The second-order valence-corrected chi connectivity index (χ2v) is 10.0. The molecule has 1 saturated heterocycles. The lowest BCUT2D eigenvalue weighted by molar-refractivity contribution is -0.134. The number of sulfone groups is 1. The minimum Gasteiger partial charge on any atom is -0.339 e. The molecule has 0 unspecified atom stereocenters. The van der Waals surface area contributed by atoms with Crippen LogP contribution in [0.3, 0.4) is 0 Å². The molecule has 0 aromatic heterocycles. The molecule has 4 nitrogen and oxygen atoms in total. The smallest absolute Gasteiger partial charge is 0.238 e. The first-order valence-electron chi connectivity index (χ1n) is 8.79. The monoisotopic (exact) mass is 403 g/mol. The van der Waals surface area contributed by atoms with E-state index in [2.05, 4.69) is 0 Å². The Morgan fingerprint density at radius 2 is 1.84 bits per heavy atom. The molecular weight excluding hydrogens is 381 g/mol. The Balaban J connectivity index is 1.68. The molecule has 1 heterocycles. The summed E-state index contributed by atoms with van der Waals surface area (Å²) in [7, 11) is -3.58. The maximum atomic E-state index is 12.7. The van der Waals surface area contributed by atoms with Crippen molar-refractivity contribution in [3.05, 3.63) is 33.8 Å². The van der Waals surface area contributed by atoms with Crippen LogP contribution < -0.4 is 0 Å². The van der Waals surface area contributed by atoms with Gasteiger partial charge in [0.25, 0.3) is 0 Å². The predicted molar refractivity (Wildman–Crippen MR) is 101 cm³/mol. The van der Waals surface area contributed by atoms with Crippen molar-refractivity contribution in [2.24, 2.45) is 5.92 Å². The standard InChI is InChI=1S/C18H23Cl2NO3S/c19-15-8-7-14(16(20)10-15)11-25(23,24)12-18(22)21-9-3-5-13-4-1-2-6-17(13)21/h7-8,10,13,17H,1-6,9,11-12H2/t13-,17-/m1/s1. The Morgan fingerprint density at radius 1 is 1.12 bits per heavy atom. The molecule has 3 rings (SSSR count). The molecule has 0 N–H and O–H groups in total. The van der Waals surface area contributed by atoms with Crippen molar-refractivity contribution >= 4 is 38.9 Å². The van der Waals surface area contributed by atoms with Crippen molar-refractivity contribution in [2.45, 2.75) is 50.3 Å². The van der Waals surface area contributed by atoms with Crippen LogP contribution >= 0.6 is 23.2 Å². The maximum Gasteiger partial charge on any atom is 0.238 e. The molecule has 25 heavy (non-hydrogen) atoms. The van der Waals surface area contributed by atoms with Crippen molar-refractivity contribution in [1.82, 2.24) is 4.90 Å². The molecule has 2 atom stereocenters. The highest BCUT2D eigenvalue weighted by Gasteiger charge is 2.36. The number of amides is 1. The van der Waals surface area contributed by atoms with Gasteiger partial charge in [0.1, 0.15) is 5.75 Å². The van der Waals surface area contributed by atoms with Crippen LogP contribution in [0.25, 0.3) is 0 Å². The Kier molecular flexibility index (Phi) is 5.96. The zero-order valence-electron chi connectivity index (χ0n) is 14.1. The Morgan fingerprint density at radius 3 is 2.60 bits per heavy atom. The van der Waals surface area contributed by atoms with Crippen molar-refractivity contribution in [3.8, 4) is 0 Å². The van der Waals surface area contributed by atoms with Gasteiger partial charge in [0.15, 0.2) is 9.84 Å². The van der Waals surface area contributed by atoms with E-state index in [4.69, 9.17) is 23.2 Å². The van der Waals surface area contributed by atoms with Gasteiger partial charge in [-0.1, -0.05) is 42.1 Å². The number of benzene rings is 1. The van der Waals surface area contributed by atoms with Crippen LogP contribution in [-0.4, -0.2) is 37.6 Å². The van der Waals surface area contributed by atoms with Gasteiger partial charge < -0.3 is 4.90 Å². The van der Waals surface area contributed by atoms with Crippen LogP contribution in [0.4, 0.5) is 0 Å². The third kappa shape index (κ3) is 4.69. The number of carbonyl (C=O) groups excluding carboxylic acids is 1. The van der Waals surface area contributed by atoms with Crippen molar-refractivity contribution in [3.63, 3.8) is 0 Å². The largest absolute Gasteiger partial charge is 0.339 e. The summed E-state index contributed by atoms with van der Waals surface area (Å²) in [6.07, 6.45) is 6.62. The number of carbonyl (C=O) groups is 1. The molecule has 1 amide bonds. The highest BCUT2D eigenvalue weighted by molar-refractivity contribution is 7.91. The van der Waals surface area contributed by atoms with E-state index in [0.717, 1.165) is 32.1 Å². The molecule has 7 heteroatoms. The topological polar surface area (TPSA) is 54.5 Å². The van der Waals surface area contributed by atoms with Gasteiger partial charge in [-0.15, -0.1) is 0 Å². The van der Waals surface area contributed by atoms with E-state index in [0.29, 0.717) is 28.1 Å². The summed E-state index contributed by atoms with van der Waals surface area (Å²) in [4.78, 5) is 14.5. The summed E-state index contributed by atoms with van der Waals surface area (Å²) in [6.45, 7) is 0.678. The number of fused-ring (bicyclic) bond motifs is 1. The lowest BCUT2D eigenvalue weighted by Gasteiger charge is -2.44. The molecular formula is C18H23Cl2NO3S. The van der Waals surface area contributed by atoms with E-state index in [9.17, 15) is 13.2 Å². The molecule has 2 fully saturated rings. The maximum absolute atomic E-state index is 12.7. The SMILES string of the molecule is O=C(CS(=O)(=O)Cc1ccc(Cl)cc1Cl)N1CCC[C@H]2CCCC[C@H]21. The second kappa shape index (κ2) is 7.85. The summed E-state index contributed by atoms with van der Waals surface area (Å²) < 4.78 is 25.0. The number of rotatable bonds is 4. The van der Waals surface area contributed by atoms with Crippen molar-refractivity contribution in [2.75, 3.05) is 12.3 Å². The highest BCUT2D eigenvalue weighted by Crippen LogP contribution is 2.35. The number of halogens is 2. The zero-order valence-corrected chi connectivity index (χ0v) is 16.4. The average Bonchev–Trinajstić information content (AvgIpc) is 2.56. The lowest BCUT2D eigenvalue weighted by Crippen LogP contribution is -2.51. The van der Waals surface area contributed by atoms with Crippen molar-refractivity contribution < 1.29 is 13.2 Å². The van der Waals surface area contributed by atoms with E-state index in [1.54, 1.807) is 12.1 Å². The average molecular weight is 404 g/mol. The van der Waals surface area contributed by atoms with Crippen LogP contribution in [0, 0.1) is 5.92 Å². The van der Waals surface area contributed by atoms with E-state index in [1.165, 1.54) is 12.5 Å². The predicted octanol–water partition coefficient (Wildman–Crippen LogP) is 4.09. The molecule has 1 saturated carbocycles. The zero-order chi connectivity index (χ0) is 18.0. The number of likely N-dealkylation sites (tertiary alicyclic amines) is 1. The molecule has 0 spiro atoms. The number of hydrogen-bond acceptors (Lipinski definition) is 3. The van der Waals surface area contributed by atoms with E-state index >= 15 is 0 Å². The van der Waals surface area contributed by atoms with Crippen LogP contribution in [0.2, 0.25) is 10.0 Å². The summed E-state index contributed by atoms with van der Waals surface area (Å²) in [6, 6.07) is 4.96. The minimum atomic E-state index is -3.58. The molecule has 1 aromatic rings. The van der Waals surface area contributed by atoms with Crippen LogP contribution in [-0.2, 0) is 20.4 Å². The number of hydrogen-bond donors (Lipinski definition) is 0. The summed E-state index contributed by atoms with van der Waals surface area (Å²) >= 11 is 11.9. The normalized spacial score (nSPS) is 24.0. The third-order valence-electron chi connectivity index (χ3n) is 5.30. The molecule has 0 radical (unpaired) electrons. The lowest BCUT2D eigenvalue weighted by atomic mass is 9.78. The van der Waals surface area contributed by atoms with E-state index in [-0.39, 0.29) is 17.7 Å². The molecule has 138 valence electrons. The molecule has 2 aliphatic rings. The quantitative estimate of drug-likeness (QED) is 0.760. The van der Waals surface area contributed by atoms with Crippen LogP contribution in [0.15, 0.2) is 18.2 Å². The van der Waals surface area contributed by atoms with Gasteiger partial charge in [-0.25, -0.2) is 8.42 Å². The summed E-state index contributed by atoms with van der Waals surface area (Å²) in [5.74, 6) is -0.409. The minimum absolute atomic E-state index is 0.226. The summed E-state index contributed by atoms with van der Waals surface area (Å²) in [5, 5.41) is 0.771. The van der Waals surface area contributed by atoms with Crippen LogP contribution in [0.1, 0.15) is 44.1 Å². The fraction of sp³-hybridized carbons (Fsp3) is 0.611. The first-order valence-corrected chi connectivity index (χ1v) is 11.4. The van der Waals surface area contributed by atoms with Crippen LogP contribution in [0.5, 0.6) is 0 Å². The van der Waals surface area contributed by atoms with E-state index < -0.39 is 15.6 Å². The van der Waals surface area contributed by atoms with Gasteiger partial charge >= 0.3 is 0 Å². The first-order chi connectivity index (χ1) is 11.9. The first kappa shape index (κ1) is 19.0. The fourth-order valence-electron chi connectivity index (χ4n) is 4.13. The van der Waals surface area contributed by atoms with Gasteiger partial charge in [0, 0.05) is 22.6 Å². The van der Waals surface area contributed by atoms with Crippen molar-refractivity contribution in [1.29, 1.82) is 0 Å². The Labute approximate surface area is 159 Å². The number of nitrogens with zero attached hydrogens (tertiary/aromatic N) is 1. The van der Waals surface area contributed by atoms with Gasteiger partial charge in [0.2, 0.25) is 5.91 Å². The Bertz CT molecular complexity index is 749. The van der Waals surface area contributed by atoms with Gasteiger partial charge in [0.05, 0.1) is 5.75 Å². The van der Waals surface area contributed by atoms with Gasteiger partial charge in [-0.2, -0.15) is 0 Å². The van der Waals surface area contributed by atoms with Gasteiger partial charge in [-0.05, 0) is 49.3 Å². The molecule has 1 aliphatic carbocycles. The molecule has 1 aliphatic heterocycles. The molecule has 1 aromatic carbocycles. The third-order valence-corrected chi connectivity index (χ3v) is 7.32. The highest BCUT2D eigenvalue weighted by atomic mass is 35.5. The second-order valence-electron chi connectivity index (χ2n) is 7.11. The van der Waals surface area contributed by atoms with E-state index in [1.807, 2.05) is 4.90 Å². The summed E-state index contributed by atoms with van der Waals surface area (Å²) in [5.41, 5.74) is 0.480. The Hall–Kier alpha value is -0.780.